The second kappa shape index (κ2) is 4.32. The van der Waals surface area contributed by atoms with Crippen molar-refractivity contribution < 1.29 is 9.45 Å². The monoisotopic (exact) mass is 238 g/mol. The van der Waals surface area contributed by atoms with Gasteiger partial charge in [0.05, 0.1) is 10.6 Å². The van der Waals surface area contributed by atoms with Gasteiger partial charge in [0.2, 0.25) is 5.22 Å². The number of hydrogen-bond donors (Lipinski definition) is 0. The van der Waals surface area contributed by atoms with Gasteiger partial charge in [-0.15, -0.1) is 0 Å². The molecule has 82 valence electrons. The van der Waals surface area contributed by atoms with Gasteiger partial charge >= 0.3 is 0 Å². The van der Waals surface area contributed by atoms with E-state index in [1.165, 1.54) is 12.1 Å². The van der Waals surface area contributed by atoms with Crippen LogP contribution < -0.4 is 0 Å². The fraction of sp³-hybridized carbons (Fsp3) is 0.100. The Bertz CT molecular complexity index is 507. The second-order valence-electron chi connectivity index (χ2n) is 3.22. The first kappa shape index (κ1) is 10.6. The van der Waals surface area contributed by atoms with Crippen molar-refractivity contribution in [1.29, 1.82) is 0 Å². The Hall–Kier alpha value is -1.88. The minimum absolute atomic E-state index is 0.0712. The summed E-state index contributed by atoms with van der Waals surface area (Å²) < 4.78 is 4.71. The molecule has 0 atom stereocenters. The number of non-ortho nitro benzene ring substituents is 1. The summed E-state index contributed by atoms with van der Waals surface area (Å²) in [6.07, 6.45) is 0.536. The summed E-state index contributed by atoms with van der Waals surface area (Å²) >= 11 is 5.57. The molecule has 2 aromatic rings. The maximum atomic E-state index is 10.4. The second-order valence-corrected chi connectivity index (χ2v) is 3.60. The zero-order valence-corrected chi connectivity index (χ0v) is 8.85. The van der Waals surface area contributed by atoms with Crippen LogP contribution in [0, 0.1) is 10.1 Å². The number of nitro groups is 1. The van der Waals surface area contributed by atoms with Crippen LogP contribution in [0.3, 0.4) is 0 Å². The van der Waals surface area contributed by atoms with Crippen LogP contribution in [0.15, 0.2) is 34.9 Å². The molecule has 0 amide bonds. The van der Waals surface area contributed by atoms with Crippen LogP contribution in [-0.4, -0.2) is 10.1 Å². The van der Waals surface area contributed by atoms with Crippen LogP contribution in [-0.2, 0) is 6.42 Å². The van der Waals surface area contributed by atoms with Crippen LogP contribution in [0.5, 0.6) is 0 Å². The fourth-order valence-electron chi connectivity index (χ4n) is 1.31. The molecule has 1 aromatic heterocycles. The smallest absolute Gasteiger partial charge is 0.269 e. The lowest BCUT2D eigenvalue weighted by atomic mass is 10.1. The molecule has 0 aliphatic rings. The average molecular weight is 239 g/mol. The predicted octanol–water partition coefficient (Wildman–Crippen LogP) is 2.83. The van der Waals surface area contributed by atoms with Crippen molar-refractivity contribution in [1.82, 2.24) is 5.16 Å². The van der Waals surface area contributed by atoms with E-state index in [-0.39, 0.29) is 10.9 Å². The topological polar surface area (TPSA) is 69.2 Å². The highest BCUT2D eigenvalue weighted by Gasteiger charge is 2.06. The van der Waals surface area contributed by atoms with Crippen LogP contribution in [0.25, 0.3) is 0 Å². The number of benzene rings is 1. The molecule has 0 bridgehead atoms. The van der Waals surface area contributed by atoms with E-state index in [2.05, 4.69) is 5.16 Å². The molecule has 0 aliphatic carbocycles. The Morgan fingerprint density at radius 2 is 2.06 bits per heavy atom. The molecule has 0 spiro atoms. The van der Waals surface area contributed by atoms with Crippen molar-refractivity contribution in [3.63, 3.8) is 0 Å². The van der Waals surface area contributed by atoms with Gasteiger partial charge in [-0.2, -0.15) is 0 Å². The summed E-state index contributed by atoms with van der Waals surface area (Å²) in [5, 5.41) is 14.4. The van der Waals surface area contributed by atoms with E-state index in [9.17, 15) is 10.1 Å². The third kappa shape index (κ3) is 2.38. The lowest BCUT2D eigenvalue weighted by Gasteiger charge is -1.96. The zero-order valence-electron chi connectivity index (χ0n) is 8.09. The van der Waals surface area contributed by atoms with Crippen molar-refractivity contribution in [2.75, 3.05) is 0 Å². The molecule has 0 aliphatic heterocycles. The minimum Gasteiger partial charge on any atom is -0.344 e. The molecule has 5 nitrogen and oxygen atoms in total. The number of halogens is 1. The highest BCUT2D eigenvalue weighted by Crippen LogP contribution is 2.16. The summed E-state index contributed by atoms with van der Waals surface area (Å²) in [6.45, 7) is 0. The molecule has 2 rings (SSSR count). The Balaban J connectivity index is 2.14. The lowest BCUT2D eigenvalue weighted by Crippen LogP contribution is -1.90. The van der Waals surface area contributed by atoms with Crippen molar-refractivity contribution in [2.24, 2.45) is 0 Å². The lowest BCUT2D eigenvalue weighted by molar-refractivity contribution is -0.384. The molecule has 0 saturated heterocycles. The Morgan fingerprint density at radius 1 is 1.38 bits per heavy atom. The molecule has 1 aromatic carbocycles. The molecule has 6 heteroatoms. The van der Waals surface area contributed by atoms with Gasteiger partial charge in [-0.05, 0) is 17.2 Å². The first-order chi connectivity index (χ1) is 7.65. The molecule has 0 unspecified atom stereocenters. The highest BCUT2D eigenvalue weighted by molar-refractivity contribution is 6.28. The summed E-state index contributed by atoms with van der Waals surface area (Å²) in [7, 11) is 0. The van der Waals surface area contributed by atoms with E-state index >= 15 is 0 Å². The molecule has 0 radical (unpaired) electrons. The molecule has 0 saturated carbocycles. The number of nitro benzene ring substituents is 1. The van der Waals surface area contributed by atoms with Crippen molar-refractivity contribution in [3.8, 4) is 0 Å². The van der Waals surface area contributed by atoms with E-state index in [0.717, 1.165) is 5.56 Å². The van der Waals surface area contributed by atoms with Crippen molar-refractivity contribution >= 4 is 17.3 Å². The van der Waals surface area contributed by atoms with E-state index in [0.29, 0.717) is 12.1 Å². The van der Waals surface area contributed by atoms with Crippen LogP contribution in [0.2, 0.25) is 5.22 Å². The van der Waals surface area contributed by atoms with Crippen molar-refractivity contribution in [3.05, 3.63) is 56.9 Å². The van der Waals surface area contributed by atoms with Gasteiger partial charge in [0.15, 0.2) is 0 Å². The molecular formula is C10H7ClN2O3. The van der Waals surface area contributed by atoms with Crippen LogP contribution >= 0.6 is 11.6 Å². The van der Waals surface area contributed by atoms with Crippen LogP contribution in [0.4, 0.5) is 5.69 Å². The molecular weight excluding hydrogens is 232 g/mol. The van der Waals surface area contributed by atoms with Gasteiger partial charge < -0.3 is 4.52 Å². The maximum absolute atomic E-state index is 10.4. The first-order valence-electron chi connectivity index (χ1n) is 4.49. The van der Waals surface area contributed by atoms with Gasteiger partial charge in [0.1, 0.15) is 0 Å². The third-order valence-corrected chi connectivity index (χ3v) is 2.24. The average Bonchev–Trinajstić information content (AvgIpc) is 2.65. The fourth-order valence-corrected chi connectivity index (χ4v) is 1.47. The van der Waals surface area contributed by atoms with Gasteiger partial charge in [0, 0.05) is 24.6 Å². The van der Waals surface area contributed by atoms with Crippen molar-refractivity contribution in [2.45, 2.75) is 6.42 Å². The Morgan fingerprint density at radius 3 is 2.56 bits per heavy atom. The minimum atomic E-state index is -0.434. The zero-order chi connectivity index (χ0) is 11.5. The number of rotatable bonds is 3. The summed E-state index contributed by atoms with van der Waals surface area (Å²) in [5.74, 6) is 0. The van der Waals surface area contributed by atoms with Crippen LogP contribution in [0.1, 0.15) is 11.3 Å². The quantitative estimate of drug-likeness (QED) is 0.609. The summed E-state index contributed by atoms with van der Waals surface area (Å²) in [5.41, 5.74) is 1.68. The number of hydrogen-bond acceptors (Lipinski definition) is 4. The van der Waals surface area contributed by atoms with Gasteiger partial charge in [-0.25, -0.2) is 0 Å². The van der Waals surface area contributed by atoms with Gasteiger partial charge in [-0.3, -0.25) is 10.1 Å². The highest BCUT2D eigenvalue weighted by atomic mass is 35.5. The molecule has 16 heavy (non-hydrogen) atoms. The third-order valence-electron chi connectivity index (χ3n) is 2.06. The Kier molecular flexibility index (Phi) is 2.87. The van der Waals surface area contributed by atoms with E-state index in [4.69, 9.17) is 16.1 Å². The molecule has 0 fully saturated rings. The number of nitrogens with zero attached hydrogens (tertiary/aromatic N) is 2. The number of aromatic nitrogens is 1. The predicted molar refractivity (Wildman–Crippen MR) is 57.4 cm³/mol. The van der Waals surface area contributed by atoms with E-state index < -0.39 is 4.92 Å². The first-order valence-corrected chi connectivity index (χ1v) is 4.87. The van der Waals surface area contributed by atoms with E-state index in [1.54, 1.807) is 18.2 Å². The summed E-state index contributed by atoms with van der Waals surface area (Å²) in [6, 6.07) is 7.89. The standard InChI is InChI=1S/C10H7ClN2O3/c11-10-6-8(12-16-10)5-7-1-3-9(4-2-7)13(14)15/h1-4,6H,5H2. The maximum Gasteiger partial charge on any atom is 0.269 e. The normalized spacial score (nSPS) is 10.3. The van der Waals surface area contributed by atoms with Gasteiger partial charge in [-0.1, -0.05) is 17.3 Å². The molecule has 0 N–H and O–H groups in total. The summed E-state index contributed by atoms with van der Waals surface area (Å²) in [4.78, 5) is 10.0. The molecule has 1 heterocycles. The van der Waals surface area contributed by atoms with E-state index in [1.807, 2.05) is 0 Å². The van der Waals surface area contributed by atoms with Gasteiger partial charge in [0.25, 0.3) is 5.69 Å². The SMILES string of the molecule is O=[N+]([O-])c1ccc(Cc2cc(Cl)on2)cc1. The largest absolute Gasteiger partial charge is 0.344 e. The Labute approximate surface area is 95.8 Å².